The summed E-state index contributed by atoms with van der Waals surface area (Å²) in [6.07, 6.45) is 11.2. The fourth-order valence-corrected chi connectivity index (χ4v) is 12.1. The first-order valence-corrected chi connectivity index (χ1v) is 14.5. The van der Waals surface area contributed by atoms with Crippen molar-refractivity contribution in [2.75, 3.05) is 20.7 Å². The van der Waals surface area contributed by atoms with Crippen LogP contribution < -0.4 is 0 Å². The number of rotatable bonds is 2. The molecule has 6 aliphatic rings. The van der Waals surface area contributed by atoms with Crippen LogP contribution in [0.15, 0.2) is 0 Å². The predicted octanol–water partition coefficient (Wildman–Crippen LogP) is 5.89. The van der Waals surface area contributed by atoms with Gasteiger partial charge in [-0.3, -0.25) is 0 Å². The van der Waals surface area contributed by atoms with Gasteiger partial charge in [0.15, 0.2) is 0 Å². The van der Waals surface area contributed by atoms with E-state index in [0.29, 0.717) is 52.1 Å². The first-order chi connectivity index (χ1) is 16.4. The zero-order valence-corrected chi connectivity index (χ0v) is 23.2. The Morgan fingerprint density at radius 2 is 1.71 bits per heavy atom. The van der Waals surface area contributed by atoms with Crippen LogP contribution in [0.3, 0.4) is 0 Å². The van der Waals surface area contributed by atoms with Crippen molar-refractivity contribution in [1.29, 1.82) is 0 Å². The number of likely N-dealkylation sites (N-methyl/N-ethyl adjacent to an activating group) is 1. The summed E-state index contributed by atoms with van der Waals surface area (Å²) in [4.78, 5) is 13.7. The molecule has 0 radical (unpaired) electrons. The molecule has 0 aromatic carbocycles. The standard InChI is InChI=1S/C30H49NO4/c1-18-14-19(16-31(6)25(33)34-7)35-20-15-28(5)22-9-8-21-26(2,3)23(32)10-11-29(21)17-30(22,29)13-12-27(28,4)24(18)20/h18-24,32H,8-17H2,1-7H3/t18-,19?,20?,21?,22?,23+,24?,27-,28+,29-,30?/m1/s1. The smallest absolute Gasteiger partial charge is 0.409 e. The summed E-state index contributed by atoms with van der Waals surface area (Å²) in [5.41, 5.74) is 1.67. The van der Waals surface area contributed by atoms with E-state index in [1.807, 2.05) is 7.05 Å². The Bertz CT molecular complexity index is 905. The molecule has 0 aromatic rings. The largest absolute Gasteiger partial charge is 0.453 e. The summed E-state index contributed by atoms with van der Waals surface area (Å²) in [6.45, 7) is 13.1. The second-order valence-corrected chi connectivity index (χ2v) is 15.0. The number of hydrogen-bond acceptors (Lipinski definition) is 4. The molecule has 5 aliphatic carbocycles. The Morgan fingerprint density at radius 1 is 1.03 bits per heavy atom. The SMILES string of the molecule is COC(=O)N(C)CC1C[C@@H](C)C2C(C[C@@]3(C)C4CCC5C(C)(C)[C@@H](O)CC[C@@]56CC46CC[C@]23C)O1. The maximum atomic E-state index is 12.0. The number of fused-ring (bicyclic) bond motifs is 4. The number of hydrogen-bond donors (Lipinski definition) is 1. The zero-order valence-electron chi connectivity index (χ0n) is 23.2. The molecule has 198 valence electrons. The highest BCUT2D eigenvalue weighted by Crippen LogP contribution is 2.89. The van der Waals surface area contributed by atoms with E-state index in [0.717, 1.165) is 18.8 Å². The van der Waals surface area contributed by atoms with Crippen LogP contribution in [0.5, 0.6) is 0 Å². The normalized spacial score (nSPS) is 55.5. The fourth-order valence-electron chi connectivity index (χ4n) is 12.1. The molecule has 2 spiro atoms. The number of aliphatic hydroxyl groups is 1. The number of carbonyl (C=O) groups excluding carboxylic acids is 1. The van der Waals surface area contributed by atoms with Crippen molar-refractivity contribution in [3.8, 4) is 0 Å². The van der Waals surface area contributed by atoms with E-state index in [1.54, 1.807) is 4.90 Å². The van der Waals surface area contributed by atoms with E-state index < -0.39 is 0 Å². The molecule has 1 N–H and O–H groups in total. The maximum absolute atomic E-state index is 12.0. The van der Waals surface area contributed by atoms with E-state index in [1.165, 1.54) is 52.1 Å². The molecule has 6 fully saturated rings. The van der Waals surface area contributed by atoms with Crippen molar-refractivity contribution in [2.24, 2.45) is 50.7 Å². The molecule has 6 rings (SSSR count). The van der Waals surface area contributed by atoms with Gasteiger partial charge in [0, 0.05) is 13.6 Å². The summed E-state index contributed by atoms with van der Waals surface area (Å²) < 4.78 is 11.8. The second kappa shape index (κ2) is 7.40. The highest BCUT2D eigenvalue weighted by Gasteiger charge is 2.83. The lowest BCUT2D eigenvalue weighted by molar-refractivity contribution is -0.166. The van der Waals surface area contributed by atoms with Gasteiger partial charge in [0.2, 0.25) is 0 Å². The molecule has 0 aromatic heterocycles. The third kappa shape index (κ3) is 2.86. The number of nitrogens with zero attached hydrogens (tertiary/aromatic N) is 1. The van der Waals surface area contributed by atoms with Crippen LogP contribution in [0.4, 0.5) is 4.79 Å². The first kappa shape index (κ1) is 24.5. The average Bonchev–Trinajstić information content (AvgIpc) is 3.39. The van der Waals surface area contributed by atoms with Gasteiger partial charge >= 0.3 is 6.09 Å². The molecular formula is C30H49NO4. The molecule has 5 nitrogen and oxygen atoms in total. The van der Waals surface area contributed by atoms with Gasteiger partial charge in [-0.05, 0) is 109 Å². The minimum Gasteiger partial charge on any atom is -0.453 e. The minimum atomic E-state index is -0.277. The maximum Gasteiger partial charge on any atom is 0.409 e. The van der Waals surface area contributed by atoms with Crippen LogP contribution in [0, 0.1) is 50.7 Å². The van der Waals surface area contributed by atoms with Crippen molar-refractivity contribution in [2.45, 2.75) is 111 Å². The highest BCUT2D eigenvalue weighted by molar-refractivity contribution is 5.66. The molecule has 0 bridgehead atoms. The number of carbonyl (C=O) groups is 1. The van der Waals surface area contributed by atoms with E-state index in [9.17, 15) is 9.90 Å². The Balaban J connectivity index is 1.28. The third-order valence-corrected chi connectivity index (χ3v) is 13.7. The van der Waals surface area contributed by atoms with Gasteiger partial charge in [-0.15, -0.1) is 0 Å². The average molecular weight is 488 g/mol. The van der Waals surface area contributed by atoms with Gasteiger partial charge in [-0.2, -0.15) is 0 Å². The fraction of sp³-hybridized carbons (Fsp3) is 0.967. The van der Waals surface area contributed by atoms with E-state index in [4.69, 9.17) is 9.47 Å². The van der Waals surface area contributed by atoms with Crippen molar-refractivity contribution >= 4 is 6.09 Å². The molecule has 1 heterocycles. The summed E-state index contributed by atoms with van der Waals surface area (Å²) in [7, 11) is 3.27. The van der Waals surface area contributed by atoms with Crippen LogP contribution >= 0.6 is 0 Å². The van der Waals surface area contributed by atoms with E-state index in [-0.39, 0.29) is 23.7 Å². The summed E-state index contributed by atoms with van der Waals surface area (Å²) in [5.74, 6) is 2.69. The first-order valence-electron chi connectivity index (χ1n) is 14.5. The molecular weight excluding hydrogens is 438 g/mol. The predicted molar refractivity (Wildman–Crippen MR) is 136 cm³/mol. The Hall–Kier alpha value is -0.810. The van der Waals surface area contributed by atoms with E-state index in [2.05, 4.69) is 34.6 Å². The van der Waals surface area contributed by atoms with Gasteiger partial charge in [0.25, 0.3) is 0 Å². The Morgan fingerprint density at radius 3 is 2.43 bits per heavy atom. The number of amides is 1. The monoisotopic (exact) mass is 487 g/mol. The van der Waals surface area contributed by atoms with Gasteiger partial charge in [-0.1, -0.05) is 34.6 Å². The Labute approximate surface area is 212 Å². The lowest BCUT2D eigenvalue weighted by Gasteiger charge is -2.63. The van der Waals surface area contributed by atoms with E-state index >= 15 is 0 Å². The molecule has 1 saturated heterocycles. The molecule has 1 aliphatic heterocycles. The minimum absolute atomic E-state index is 0.0501. The van der Waals surface area contributed by atoms with Gasteiger partial charge in [-0.25, -0.2) is 4.79 Å². The molecule has 11 atom stereocenters. The van der Waals surface area contributed by atoms with Crippen molar-refractivity contribution in [3.63, 3.8) is 0 Å². The number of ether oxygens (including phenoxy) is 2. The lowest BCUT2D eigenvalue weighted by Crippen LogP contribution is -2.58. The number of methoxy groups -OCH3 is 1. The van der Waals surface area contributed by atoms with Crippen LogP contribution in [-0.2, 0) is 9.47 Å². The summed E-state index contributed by atoms with van der Waals surface area (Å²) >= 11 is 0. The molecule has 5 saturated carbocycles. The molecule has 1 amide bonds. The second-order valence-electron chi connectivity index (χ2n) is 15.0. The van der Waals surface area contributed by atoms with Crippen molar-refractivity contribution in [1.82, 2.24) is 4.90 Å². The van der Waals surface area contributed by atoms with Crippen molar-refractivity contribution in [3.05, 3.63) is 0 Å². The molecule has 5 heteroatoms. The quantitative estimate of drug-likeness (QED) is 0.528. The third-order valence-electron chi connectivity index (χ3n) is 13.7. The van der Waals surface area contributed by atoms with Gasteiger partial charge in [0.1, 0.15) is 0 Å². The topological polar surface area (TPSA) is 59.0 Å². The molecule has 35 heavy (non-hydrogen) atoms. The Kier molecular flexibility index (Phi) is 5.18. The number of aliphatic hydroxyl groups excluding tert-OH is 1. The summed E-state index contributed by atoms with van der Waals surface area (Å²) in [5, 5.41) is 10.9. The zero-order chi connectivity index (χ0) is 25.2. The van der Waals surface area contributed by atoms with Gasteiger partial charge in [0.05, 0.1) is 25.4 Å². The van der Waals surface area contributed by atoms with Crippen LogP contribution in [0.2, 0.25) is 0 Å². The summed E-state index contributed by atoms with van der Waals surface area (Å²) in [6, 6.07) is 0. The lowest BCUT2D eigenvalue weighted by atomic mass is 9.41. The van der Waals surface area contributed by atoms with Gasteiger partial charge < -0.3 is 19.5 Å². The van der Waals surface area contributed by atoms with Crippen LogP contribution in [0.25, 0.3) is 0 Å². The highest BCUT2D eigenvalue weighted by atomic mass is 16.5. The van der Waals surface area contributed by atoms with Crippen molar-refractivity contribution < 1.29 is 19.4 Å². The molecule has 6 unspecified atom stereocenters. The van der Waals surface area contributed by atoms with Crippen LogP contribution in [-0.4, -0.2) is 55.1 Å². The van der Waals surface area contributed by atoms with Crippen LogP contribution in [0.1, 0.15) is 92.4 Å².